The van der Waals surface area contributed by atoms with Gasteiger partial charge in [0.2, 0.25) is 0 Å². The Bertz CT molecular complexity index is 725. The van der Waals surface area contributed by atoms with Crippen molar-refractivity contribution in [3.63, 3.8) is 0 Å². The van der Waals surface area contributed by atoms with E-state index in [2.05, 4.69) is 76.2 Å². The first-order chi connectivity index (χ1) is 12.0. The highest BCUT2D eigenvalue weighted by molar-refractivity contribution is 5.72. The molecule has 0 aromatic heterocycles. The Kier molecular flexibility index (Phi) is 5.78. The van der Waals surface area contributed by atoms with Gasteiger partial charge in [0, 0.05) is 0 Å². The fourth-order valence-electron chi connectivity index (χ4n) is 3.98. The van der Waals surface area contributed by atoms with E-state index in [1.165, 1.54) is 65.5 Å². The summed E-state index contributed by atoms with van der Waals surface area (Å²) in [6, 6.07) is 13.6. The maximum absolute atomic E-state index is 2.40. The lowest BCUT2D eigenvalue weighted by Gasteiger charge is -2.26. The summed E-state index contributed by atoms with van der Waals surface area (Å²) in [5, 5.41) is 0. The van der Waals surface area contributed by atoms with Crippen molar-refractivity contribution in [3.8, 4) is 0 Å². The Hall–Kier alpha value is -1.82. The standard InChI is InChI=1S/C25H32/c1-18-5-8-23(9-6-18)17-24-12-10-22(11-13-24)14-16-25-15-7-19(2)20(3)21(25)4/h7,10-16,18,23H,5-6,8-9,17H2,1-4H3/b16-14+. The Morgan fingerprint density at radius 3 is 2.16 bits per heavy atom. The van der Waals surface area contributed by atoms with Gasteiger partial charge in [-0.2, -0.15) is 0 Å². The van der Waals surface area contributed by atoms with Crippen LogP contribution in [0.1, 0.15) is 66.0 Å². The van der Waals surface area contributed by atoms with Gasteiger partial charge in [0.15, 0.2) is 0 Å². The minimum Gasteiger partial charge on any atom is -0.0625 e. The van der Waals surface area contributed by atoms with Crippen LogP contribution in [0.25, 0.3) is 12.2 Å². The molecular formula is C25H32. The van der Waals surface area contributed by atoms with Crippen molar-refractivity contribution in [2.45, 2.75) is 59.8 Å². The van der Waals surface area contributed by atoms with Crippen molar-refractivity contribution in [1.82, 2.24) is 0 Å². The normalized spacial score (nSPS) is 21.0. The minimum atomic E-state index is 0.899. The zero-order chi connectivity index (χ0) is 17.8. The van der Waals surface area contributed by atoms with Gasteiger partial charge in [-0.3, -0.25) is 0 Å². The van der Waals surface area contributed by atoms with Gasteiger partial charge in [-0.25, -0.2) is 0 Å². The van der Waals surface area contributed by atoms with E-state index in [1.54, 1.807) is 0 Å². The minimum absolute atomic E-state index is 0.899. The number of hydrogen-bond acceptors (Lipinski definition) is 0. The van der Waals surface area contributed by atoms with Gasteiger partial charge in [-0.1, -0.05) is 68.3 Å². The van der Waals surface area contributed by atoms with E-state index in [-0.39, 0.29) is 0 Å². The van der Waals surface area contributed by atoms with Crippen LogP contribution in [0.3, 0.4) is 0 Å². The van der Waals surface area contributed by atoms with Crippen LogP contribution in [0.4, 0.5) is 0 Å². The summed E-state index contributed by atoms with van der Waals surface area (Å²) in [6.07, 6.45) is 11.4. The van der Waals surface area contributed by atoms with Crippen LogP contribution in [0.2, 0.25) is 0 Å². The maximum atomic E-state index is 2.40. The molecule has 1 fully saturated rings. The molecule has 0 heteroatoms. The SMILES string of the molecule is Cc1ccc(/C=C/c2ccc(CC3CCC(C)CC3)cc2)c(C)c1C. The maximum Gasteiger partial charge on any atom is -0.0224 e. The summed E-state index contributed by atoms with van der Waals surface area (Å²) in [5.41, 5.74) is 8.27. The molecule has 0 nitrogen and oxygen atoms in total. The van der Waals surface area contributed by atoms with Crippen LogP contribution in [-0.4, -0.2) is 0 Å². The van der Waals surface area contributed by atoms with Gasteiger partial charge in [0.1, 0.15) is 0 Å². The molecule has 2 aromatic carbocycles. The third-order valence-corrected chi connectivity index (χ3v) is 6.19. The van der Waals surface area contributed by atoms with E-state index in [1.807, 2.05) is 0 Å². The molecule has 0 bridgehead atoms. The smallest absolute Gasteiger partial charge is 0.0224 e. The monoisotopic (exact) mass is 332 g/mol. The molecule has 0 aliphatic heterocycles. The molecule has 1 aliphatic rings. The molecule has 25 heavy (non-hydrogen) atoms. The summed E-state index contributed by atoms with van der Waals surface area (Å²) in [4.78, 5) is 0. The molecule has 1 aliphatic carbocycles. The molecule has 0 atom stereocenters. The molecule has 0 N–H and O–H groups in total. The zero-order valence-electron chi connectivity index (χ0n) is 16.3. The third-order valence-electron chi connectivity index (χ3n) is 6.19. The van der Waals surface area contributed by atoms with Crippen LogP contribution in [0.15, 0.2) is 36.4 Å². The van der Waals surface area contributed by atoms with E-state index >= 15 is 0 Å². The summed E-state index contributed by atoms with van der Waals surface area (Å²) in [6.45, 7) is 9.01. The van der Waals surface area contributed by atoms with Crippen LogP contribution in [0, 0.1) is 32.6 Å². The number of aryl methyl sites for hydroxylation is 1. The van der Waals surface area contributed by atoms with Crippen LogP contribution in [-0.2, 0) is 6.42 Å². The molecule has 0 amide bonds. The first kappa shape index (κ1) is 18.0. The molecular weight excluding hydrogens is 300 g/mol. The van der Waals surface area contributed by atoms with Gasteiger partial charge in [-0.15, -0.1) is 0 Å². The Morgan fingerprint density at radius 2 is 1.48 bits per heavy atom. The molecule has 2 aromatic rings. The van der Waals surface area contributed by atoms with Gasteiger partial charge in [-0.05, 0) is 85.3 Å². The summed E-state index contributed by atoms with van der Waals surface area (Å²) in [7, 11) is 0. The van der Waals surface area contributed by atoms with Gasteiger partial charge < -0.3 is 0 Å². The second kappa shape index (κ2) is 8.04. The topological polar surface area (TPSA) is 0 Å². The molecule has 3 rings (SSSR count). The van der Waals surface area contributed by atoms with E-state index in [0.29, 0.717) is 0 Å². The van der Waals surface area contributed by atoms with Gasteiger partial charge in [0.05, 0.1) is 0 Å². The molecule has 0 spiro atoms. The molecule has 132 valence electrons. The average molecular weight is 333 g/mol. The molecule has 0 radical (unpaired) electrons. The average Bonchev–Trinajstić information content (AvgIpc) is 2.62. The predicted octanol–water partition coefficient (Wildman–Crippen LogP) is 7.15. The first-order valence-electron chi connectivity index (χ1n) is 9.86. The lowest BCUT2D eigenvalue weighted by Crippen LogP contribution is -2.14. The van der Waals surface area contributed by atoms with Crippen molar-refractivity contribution in [3.05, 3.63) is 69.8 Å². The van der Waals surface area contributed by atoms with Crippen molar-refractivity contribution in [2.24, 2.45) is 11.8 Å². The highest BCUT2D eigenvalue weighted by Gasteiger charge is 2.18. The van der Waals surface area contributed by atoms with E-state index in [4.69, 9.17) is 0 Å². The number of benzene rings is 2. The summed E-state index contributed by atoms with van der Waals surface area (Å²) < 4.78 is 0. The van der Waals surface area contributed by atoms with Crippen molar-refractivity contribution >= 4 is 12.2 Å². The van der Waals surface area contributed by atoms with Gasteiger partial charge in [0.25, 0.3) is 0 Å². The lowest BCUT2D eigenvalue weighted by molar-refractivity contribution is 0.289. The largest absolute Gasteiger partial charge is 0.0625 e. The molecule has 0 heterocycles. The quantitative estimate of drug-likeness (QED) is 0.521. The molecule has 0 unspecified atom stereocenters. The second-order valence-corrected chi connectivity index (χ2v) is 8.13. The van der Waals surface area contributed by atoms with Crippen LogP contribution >= 0.6 is 0 Å². The number of hydrogen-bond donors (Lipinski definition) is 0. The zero-order valence-corrected chi connectivity index (χ0v) is 16.3. The van der Waals surface area contributed by atoms with Crippen LogP contribution < -0.4 is 0 Å². The van der Waals surface area contributed by atoms with Crippen molar-refractivity contribution in [2.75, 3.05) is 0 Å². The Balaban J connectivity index is 1.64. The third kappa shape index (κ3) is 4.63. The van der Waals surface area contributed by atoms with E-state index in [0.717, 1.165) is 11.8 Å². The highest BCUT2D eigenvalue weighted by atomic mass is 14.2. The van der Waals surface area contributed by atoms with E-state index < -0.39 is 0 Å². The second-order valence-electron chi connectivity index (χ2n) is 8.13. The molecule has 0 saturated heterocycles. The Morgan fingerprint density at radius 1 is 0.800 bits per heavy atom. The predicted molar refractivity (Wildman–Crippen MR) is 111 cm³/mol. The molecule has 1 saturated carbocycles. The van der Waals surface area contributed by atoms with Gasteiger partial charge >= 0.3 is 0 Å². The van der Waals surface area contributed by atoms with Crippen molar-refractivity contribution in [1.29, 1.82) is 0 Å². The fraction of sp³-hybridized carbons (Fsp3) is 0.440. The van der Waals surface area contributed by atoms with Crippen LogP contribution in [0.5, 0.6) is 0 Å². The Labute approximate surface area is 154 Å². The fourth-order valence-corrected chi connectivity index (χ4v) is 3.98. The summed E-state index contributed by atoms with van der Waals surface area (Å²) in [5.74, 6) is 1.84. The van der Waals surface area contributed by atoms with E-state index in [9.17, 15) is 0 Å². The highest BCUT2D eigenvalue weighted by Crippen LogP contribution is 2.30. The summed E-state index contributed by atoms with van der Waals surface area (Å²) >= 11 is 0. The number of rotatable bonds is 4. The van der Waals surface area contributed by atoms with Crippen molar-refractivity contribution < 1.29 is 0 Å². The first-order valence-corrected chi connectivity index (χ1v) is 9.86. The lowest BCUT2D eigenvalue weighted by atomic mass is 9.80.